The van der Waals surface area contributed by atoms with Gasteiger partial charge in [0.1, 0.15) is 5.78 Å². The van der Waals surface area contributed by atoms with Crippen LogP contribution < -0.4 is 5.69 Å². The van der Waals surface area contributed by atoms with E-state index in [0.717, 1.165) is 12.8 Å². The number of hydrogen-bond acceptors (Lipinski definition) is 3. The molecule has 0 aliphatic carbocycles. The Balaban J connectivity index is 2.06. The summed E-state index contributed by atoms with van der Waals surface area (Å²) in [6.45, 7) is 2.14. The van der Waals surface area contributed by atoms with Gasteiger partial charge in [-0.3, -0.25) is 4.40 Å². The Bertz CT molecular complexity index is 583. The summed E-state index contributed by atoms with van der Waals surface area (Å²) >= 11 is 0. The summed E-state index contributed by atoms with van der Waals surface area (Å²) in [5.41, 5.74) is 0.535. The van der Waals surface area contributed by atoms with Crippen LogP contribution in [0.2, 0.25) is 0 Å². The largest absolute Gasteiger partial charge is 0.350 e. The van der Waals surface area contributed by atoms with Gasteiger partial charge in [0, 0.05) is 19.2 Å². The SMILES string of the molecule is CC(=O)CCCCn1nc2ccccn2c1=O. The van der Waals surface area contributed by atoms with Crippen LogP contribution in [0.3, 0.4) is 0 Å². The molecule has 0 spiro atoms. The van der Waals surface area contributed by atoms with E-state index < -0.39 is 0 Å². The van der Waals surface area contributed by atoms with E-state index in [4.69, 9.17) is 0 Å². The fraction of sp³-hybridized carbons (Fsp3) is 0.417. The molecule has 2 heterocycles. The third-order valence-electron chi connectivity index (χ3n) is 2.64. The molecule has 2 rings (SSSR count). The topological polar surface area (TPSA) is 56.4 Å². The Morgan fingerprint density at radius 3 is 2.88 bits per heavy atom. The van der Waals surface area contributed by atoms with Crippen LogP contribution in [0.15, 0.2) is 29.2 Å². The van der Waals surface area contributed by atoms with Crippen LogP contribution in [-0.2, 0) is 11.3 Å². The van der Waals surface area contributed by atoms with Gasteiger partial charge in [-0.1, -0.05) is 6.07 Å². The third kappa shape index (κ3) is 2.61. The van der Waals surface area contributed by atoms with Crippen LogP contribution in [0.25, 0.3) is 5.65 Å². The number of ketones is 1. The lowest BCUT2D eigenvalue weighted by atomic mass is 10.2. The van der Waals surface area contributed by atoms with Gasteiger partial charge in [-0.15, -0.1) is 5.10 Å². The molecule has 0 aliphatic rings. The molecule has 0 bridgehead atoms. The van der Waals surface area contributed by atoms with Gasteiger partial charge in [0.05, 0.1) is 0 Å². The number of unbranched alkanes of at least 4 members (excludes halogenated alkanes) is 1. The average Bonchev–Trinajstić information content (AvgIpc) is 2.63. The van der Waals surface area contributed by atoms with Crippen LogP contribution in [0.4, 0.5) is 0 Å². The number of aryl methyl sites for hydroxylation is 1. The Kier molecular flexibility index (Phi) is 3.37. The Morgan fingerprint density at radius 2 is 2.18 bits per heavy atom. The molecule has 0 aromatic carbocycles. The van der Waals surface area contributed by atoms with Gasteiger partial charge in [0.2, 0.25) is 0 Å². The zero-order valence-electron chi connectivity index (χ0n) is 9.80. The van der Waals surface area contributed by atoms with Crippen LogP contribution >= 0.6 is 0 Å². The van der Waals surface area contributed by atoms with Gasteiger partial charge in [0.25, 0.3) is 0 Å². The van der Waals surface area contributed by atoms with Crippen molar-refractivity contribution in [2.24, 2.45) is 0 Å². The first kappa shape index (κ1) is 11.6. The van der Waals surface area contributed by atoms with Crippen molar-refractivity contribution in [1.29, 1.82) is 0 Å². The average molecular weight is 233 g/mol. The first-order chi connectivity index (χ1) is 8.18. The van der Waals surface area contributed by atoms with Gasteiger partial charge in [-0.2, -0.15) is 0 Å². The highest BCUT2D eigenvalue weighted by molar-refractivity contribution is 5.75. The third-order valence-corrected chi connectivity index (χ3v) is 2.64. The van der Waals surface area contributed by atoms with Crippen molar-refractivity contribution in [2.45, 2.75) is 32.7 Å². The number of rotatable bonds is 5. The van der Waals surface area contributed by atoms with Crippen LogP contribution in [0.5, 0.6) is 0 Å². The number of pyridine rings is 1. The molecule has 17 heavy (non-hydrogen) atoms. The lowest BCUT2D eigenvalue weighted by Crippen LogP contribution is -2.21. The van der Waals surface area contributed by atoms with Crippen molar-refractivity contribution < 1.29 is 4.79 Å². The van der Waals surface area contributed by atoms with Crippen molar-refractivity contribution in [3.63, 3.8) is 0 Å². The summed E-state index contributed by atoms with van der Waals surface area (Å²) in [7, 11) is 0. The summed E-state index contributed by atoms with van der Waals surface area (Å²) in [5, 5.41) is 4.21. The van der Waals surface area contributed by atoms with Crippen molar-refractivity contribution in [2.75, 3.05) is 0 Å². The smallest absolute Gasteiger partial charge is 0.300 e. The summed E-state index contributed by atoms with van der Waals surface area (Å²) in [6.07, 6.45) is 3.87. The fourth-order valence-electron chi connectivity index (χ4n) is 1.75. The summed E-state index contributed by atoms with van der Waals surface area (Å²) in [6, 6.07) is 5.45. The Hall–Kier alpha value is -1.91. The van der Waals surface area contributed by atoms with Gasteiger partial charge in [-0.05, 0) is 31.9 Å². The molecule has 0 fully saturated rings. The highest BCUT2D eigenvalue weighted by Gasteiger charge is 2.05. The lowest BCUT2D eigenvalue weighted by molar-refractivity contribution is -0.117. The number of hydrogen-bond donors (Lipinski definition) is 0. The minimum absolute atomic E-state index is 0.122. The quantitative estimate of drug-likeness (QED) is 0.730. The Morgan fingerprint density at radius 1 is 1.35 bits per heavy atom. The number of aromatic nitrogens is 3. The normalized spacial score (nSPS) is 10.9. The number of carbonyl (C=O) groups is 1. The summed E-state index contributed by atoms with van der Waals surface area (Å²) in [4.78, 5) is 22.6. The van der Waals surface area contributed by atoms with E-state index >= 15 is 0 Å². The van der Waals surface area contributed by atoms with E-state index in [2.05, 4.69) is 5.10 Å². The predicted octanol–water partition coefficient (Wildman–Crippen LogP) is 1.26. The monoisotopic (exact) mass is 233 g/mol. The first-order valence-corrected chi connectivity index (χ1v) is 5.72. The minimum Gasteiger partial charge on any atom is -0.300 e. The number of fused-ring (bicyclic) bond motifs is 1. The number of carbonyl (C=O) groups excluding carboxylic acids is 1. The standard InChI is InChI=1S/C12H15N3O2/c1-10(16)6-2-5-9-15-12(17)14-8-4-3-7-11(14)13-15/h3-4,7-8H,2,5-6,9H2,1H3. The molecular formula is C12H15N3O2. The molecule has 0 saturated carbocycles. The maximum Gasteiger partial charge on any atom is 0.350 e. The summed E-state index contributed by atoms with van der Waals surface area (Å²) < 4.78 is 2.97. The van der Waals surface area contributed by atoms with E-state index in [1.807, 2.05) is 6.07 Å². The van der Waals surface area contributed by atoms with Crippen molar-refractivity contribution >= 4 is 11.4 Å². The second-order valence-electron chi connectivity index (χ2n) is 4.09. The predicted molar refractivity (Wildman–Crippen MR) is 64.0 cm³/mol. The molecule has 2 aromatic rings. The van der Waals surface area contributed by atoms with Gasteiger partial charge >= 0.3 is 5.69 Å². The van der Waals surface area contributed by atoms with E-state index in [0.29, 0.717) is 18.6 Å². The molecule has 0 amide bonds. The molecule has 0 N–H and O–H groups in total. The number of Topliss-reactive ketones (excluding diaryl/α,β-unsaturated/α-hetero) is 1. The molecule has 5 heteroatoms. The second-order valence-corrected chi connectivity index (χ2v) is 4.09. The van der Waals surface area contributed by atoms with Gasteiger partial charge in [0.15, 0.2) is 5.65 Å². The number of nitrogens with zero attached hydrogens (tertiary/aromatic N) is 3. The van der Waals surface area contributed by atoms with Crippen LogP contribution in [-0.4, -0.2) is 20.0 Å². The molecule has 2 aromatic heterocycles. The van der Waals surface area contributed by atoms with Crippen molar-refractivity contribution in [1.82, 2.24) is 14.2 Å². The highest BCUT2D eigenvalue weighted by atomic mass is 16.2. The highest BCUT2D eigenvalue weighted by Crippen LogP contribution is 2.00. The van der Waals surface area contributed by atoms with E-state index in [-0.39, 0.29) is 11.5 Å². The molecule has 0 saturated heterocycles. The fourth-order valence-corrected chi connectivity index (χ4v) is 1.75. The molecule has 0 unspecified atom stereocenters. The van der Waals surface area contributed by atoms with Gasteiger partial charge in [-0.25, -0.2) is 9.48 Å². The maximum atomic E-state index is 11.9. The lowest BCUT2D eigenvalue weighted by Gasteiger charge is -1.97. The molecule has 0 atom stereocenters. The Labute approximate surface area is 98.7 Å². The van der Waals surface area contributed by atoms with Crippen LogP contribution in [0.1, 0.15) is 26.2 Å². The molecule has 90 valence electrons. The van der Waals surface area contributed by atoms with Crippen molar-refractivity contribution in [3.8, 4) is 0 Å². The molecule has 0 radical (unpaired) electrons. The minimum atomic E-state index is -0.122. The zero-order chi connectivity index (χ0) is 12.3. The summed E-state index contributed by atoms with van der Waals surface area (Å²) in [5.74, 6) is 0.187. The van der Waals surface area contributed by atoms with Crippen LogP contribution in [0, 0.1) is 0 Å². The second kappa shape index (κ2) is 4.95. The zero-order valence-corrected chi connectivity index (χ0v) is 9.80. The van der Waals surface area contributed by atoms with E-state index in [1.54, 1.807) is 25.3 Å². The van der Waals surface area contributed by atoms with Crippen molar-refractivity contribution in [3.05, 3.63) is 34.9 Å². The van der Waals surface area contributed by atoms with Gasteiger partial charge < -0.3 is 4.79 Å². The molecular weight excluding hydrogens is 218 g/mol. The van der Waals surface area contributed by atoms with E-state index in [1.165, 1.54) is 9.08 Å². The molecule has 5 nitrogen and oxygen atoms in total. The molecule has 0 aliphatic heterocycles. The maximum absolute atomic E-state index is 11.9. The van der Waals surface area contributed by atoms with E-state index in [9.17, 15) is 9.59 Å². The first-order valence-electron chi connectivity index (χ1n) is 5.72.